The van der Waals surface area contributed by atoms with E-state index >= 15 is 0 Å². The van der Waals surface area contributed by atoms with E-state index in [9.17, 15) is 4.79 Å². The van der Waals surface area contributed by atoms with Gasteiger partial charge in [0.2, 0.25) is 5.91 Å². The molecule has 2 atom stereocenters. The molecule has 0 radical (unpaired) electrons. The minimum Gasteiger partial charge on any atom is -0.342 e. The van der Waals surface area contributed by atoms with Gasteiger partial charge >= 0.3 is 0 Å². The fraction of sp³-hybridized carbons (Fsp3) is 0.941. The molecule has 0 aromatic heterocycles. The van der Waals surface area contributed by atoms with Gasteiger partial charge in [0.05, 0.1) is 0 Å². The van der Waals surface area contributed by atoms with Crippen molar-refractivity contribution in [2.24, 2.45) is 11.8 Å². The summed E-state index contributed by atoms with van der Waals surface area (Å²) in [5.41, 5.74) is 0. The van der Waals surface area contributed by atoms with Crippen LogP contribution in [-0.4, -0.2) is 36.5 Å². The highest BCUT2D eigenvalue weighted by molar-refractivity contribution is 5.79. The van der Waals surface area contributed by atoms with E-state index < -0.39 is 0 Å². The Morgan fingerprint density at radius 1 is 1.20 bits per heavy atom. The predicted molar refractivity (Wildman–Crippen MR) is 85.7 cm³/mol. The van der Waals surface area contributed by atoms with Gasteiger partial charge in [-0.25, -0.2) is 0 Å². The fourth-order valence-electron chi connectivity index (χ4n) is 3.33. The van der Waals surface area contributed by atoms with E-state index in [2.05, 4.69) is 37.9 Å². The lowest BCUT2D eigenvalue weighted by Gasteiger charge is -2.39. The van der Waals surface area contributed by atoms with Crippen LogP contribution in [0.3, 0.4) is 0 Å². The van der Waals surface area contributed by atoms with Crippen LogP contribution in [0, 0.1) is 11.8 Å². The van der Waals surface area contributed by atoms with Crippen molar-refractivity contribution in [1.29, 1.82) is 0 Å². The minimum absolute atomic E-state index is 0.261. The summed E-state index contributed by atoms with van der Waals surface area (Å²) >= 11 is 0. The quantitative estimate of drug-likeness (QED) is 0.739. The predicted octanol–water partition coefficient (Wildman–Crippen LogP) is 3.44. The molecule has 1 fully saturated rings. The van der Waals surface area contributed by atoms with Crippen molar-refractivity contribution in [3.05, 3.63) is 0 Å². The molecule has 20 heavy (non-hydrogen) atoms. The van der Waals surface area contributed by atoms with Crippen LogP contribution in [0.25, 0.3) is 0 Å². The average molecular weight is 282 g/mol. The van der Waals surface area contributed by atoms with Crippen LogP contribution in [0.2, 0.25) is 0 Å². The Morgan fingerprint density at radius 3 is 2.35 bits per heavy atom. The smallest absolute Gasteiger partial charge is 0.225 e. The number of carbonyl (C=O) groups is 1. The SMILES string of the molecule is CCCNC1CCN(C(=O)C(CCC)CCC)CC1C. The average Bonchev–Trinajstić information content (AvgIpc) is 2.45. The van der Waals surface area contributed by atoms with Crippen molar-refractivity contribution in [3.63, 3.8) is 0 Å². The highest BCUT2D eigenvalue weighted by Crippen LogP contribution is 2.22. The van der Waals surface area contributed by atoms with Gasteiger partial charge in [0, 0.05) is 25.0 Å². The molecule has 1 amide bonds. The molecule has 0 aromatic rings. The molecule has 0 spiro atoms. The first-order chi connectivity index (χ1) is 9.63. The molecule has 3 heteroatoms. The molecular formula is C17H34N2O. The zero-order chi connectivity index (χ0) is 15.0. The van der Waals surface area contributed by atoms with E-state index in [1.54, 1.807) is 0 Å². The third-order valence-corrected chi connectivity index (χ3v) is 4.50. The van der Waals surface area contributed by atoms with Gasteiger partial charge in [0.15, 0.2) is 0 Å². The molecule has 1 rings (SSSR count). The molecule has 3 nitrogen and oxygen atoms in total. The summed E-state index contributed by atoms with van der Waals surface area (Å²) in [4.78, 5) is 14.8. The zero-order valence-corrected chi connectivity index (χ0v) is 14.0. The molecular weight excluding hydrogens is 248 g/mol. The minimum atomic E-state index is 0.261. The van der Waals surface area contributed by atoms with Gasteiger partial charge < -0.3 is 10.2 Å². The van der Waals surface area contributed by atoms with Gasteiger partial charge in [-0.2, -0.15) is 0 Å². The third-order valence-electron chi connectivity index (χ3n) is 4.50. The number of amides is 1. The van der Waals surface area contributed by atoms with E-state index in [0.717, 1.165) is 51.7 Å². The first-order valence-electron chi connectivity index (χ1n) is 8.66. The molecule has 0 saturated carbocycles. The second-order valence-electron chi connectivity index (χ2n) is 6.39. The summed E-state index contributed by atoms with van der Waals surface area (Å²) in [5, 5.41) is 3.62. The molecule has 118 valence electrons. The topological polar surface area (TPSA) is 32.3 Å². The van der Waals surface area contributed by atoms with Crippen LogP contribution >= 0.6 is 0 Å². The number of rotatable bonds is 8. The van der Waals surface area contributed by atoms with Gasteiger partial charge in [-0.1, -0.05) is 40.5 Å². The summed E-state index contributed by atoms with van der Waals surface area (Å²) in [6.45, 7) is 11.8. The normalized spacial score (nSPS) is 23.4. The number of nitrogens with zero attached hydrogens (tertiary/aromatic N) is 1. The lowest BCUT2D eigenvalue weighted by molar-refractivity contribution is -0.138. The van der Waals surface area contributed by atoms with Crippen molar-refractivity contribution in [3.8, 4) is 0 Å². The summed E-state index contributed by atoms with van der Waals surface area (Å²) in [5.74, 6) is 1.25. The summed E-state index contributed by atoms with van der Waals surface area (Å²) in [7, 11) is 0. The Balaban J connectivity index is 2.50. The Morgan fingerprint density at radius 2 is 1.85 bits per heavy atom. The van der Waals surface area contributed by atoms with Crippen molar-refractivity contribution >= 4 is 5.91 Å². The van der Waals surface area contributed by atoms with Crippen molar-refractivity contribution in [2.45, 2.75) is 72.3 Å². The molecule has 1 aliphatic heterocycles. The standard InChI is InChI=1S/C17H34N2O/c1-5-8-15(9-6-2)17(20)19-12-10-16(14(4)13-19)18-11-7-3/h14-16,18H,5-13H2,1-4H3. The van der Waals surface area contributed by atoms with Crippen LogP contribution in [0.5, 0.6) is 0 Å². The molecule has 1 N–H and O–H groups in total. The highest BCUT2D eigenvalue weighted by Gasteiger charge is 2.30. The number of hydrogen-bond donors (Lipinski definition) is 1. The maximum absolute atomic E-state index is 12.6. The van der Waals surface area contributed by atoms with Crippen LogP contribution in [0.15, 0.2) is 0 Å². The second-order valence-corrected chi connectivity index (χ2v) is 6.39. The lowest BCUT2D eigenvalue weighted by Crippen LogP contribution is -2.51. The Labute approximate surface area is 125 Å². The maximum Gasteiger partial charge on any atom is 0.225 e. The van der Waals surface area contributed by atoms with Gasteiger partial charge in [0.1, 0.15) is 0 Å². The number of carbonyl (C=O) groups excluding carboxylic acids is 1. The number of nitrogens with one attached hydrogen (secondary N) is 1. The van der Waals surface area contributed by atoms with E-state index in [4.69, 9.17) is 0 Å². The lowest BCUT2D eigenvalue weighted by atomic mass is 9.91. The van der Waals surface area contributed by atoms with E-state index in [1.165, 1.54) is 6.42 Å². The molecule has 1 heterocycles. The first kappa shape index (κ1) is 17.5. The molecule has 0 aliphatic carbocycles. The zero-order valence-electron chi connectivity index (χ0n) is 14.0. The van der Waals surface area contributed by atoms with Gasteiger partial charge in [-0.05, 0) is 38.1 Å². The van der Waals surface area contributed by atoms with Crippen molar-refractivity contribution in [2.75, 3.05) is 19.6 Å². The monoisotopic (exact) mass is 282 g/mol. The molecule has 1 aliphatic rings. The molecule has 2 unspecified atom stereocenters. The summed E-state index contributed by atoms with van der Waals surface area (Å²) in [6.07, 6.45) is 6.61. The Bertz CT molecular complexity index is 274. The summed E-state index contributed by atoms with van der Waals surface area (Å²) in [6, 6.07) is 0.592. The van der Waals surface area contributed by atoms with Gasteiger partial charge in [0.25, 0.3) is 0 Å². The van der Waals surface area contributed by atoms with Crippen LogP contribution in [0.1, 0.15) is 66.2 Å². The Hall–Kier alpha value is -0.570. The first-order valence-corrected chi connectivity index (χ1v) is 8.66. The van der Waals surface area contributed by atoms with Crippen LogP contribution in [-0.2, 0) is 4.79 Å². The van der Waals surface area contributed by atoms with Crippen LogP contribution < -0.4 is 5.32 Å². The number of likely N-dealkylation sites (tertiary alicyclic amines) is 1. The molecule has 0 aromatic carbocycles. The molecule has 1 saturated heterocycles. The van der Waals surface area contributed by atoms with Crippen molar-refractivity contribution in [1.82, 2.24) is 10.2 Å². The Kier molecular flexibility index (Phi) is 8.20. The third kappa shape index (κ3) is 5.08. The van der Waals surface area contributed by atoms with E-state index in [-0.39, 0.29) is 5.92 Å². The summed E-state index contributed by atoms with van der Waals surface area (Å²) < 4.78 is 0. The number of piperidine rings is 1. The van der Waals surface area contributed by atoms with Crippen molar-refractivity contribution < 1.29 is 4.79 Å². The van der Waals surface area contributed by atoms with E-state index in [0.29, 0.717) is 17.9 Å². The highest BCUT2D eigenvalue weighted by atomic mass is 16.2. The van der Waals surface area contributed by atoms with Crippen LogP contribution in [0.4, 0.5) is 0 Å². The van der Waals surface area contributed by atoms with Gasteiger partial charge in [-0.15, -0.1) is 0 Å². The van der Waals surface area contributed by atoms with Gasteiger partial charge in [-0.3, -0.25) is 4.79 Å². The maximum atomic E-state index is 12.6. The molecule has 0 bridgehead atoms. The largest absolute Gasteiger partial charge is 0.342 e. The fourth-order valence-corrected chi connectivity index (χ4v) is 3.33. The second kappa shape index (κ2) is 9.38. The number of hydrogen-bond acceptors (Lipinski definition) is 2. The van der Waals surface area contributed by atoms with E-state index in [1.807, 2.05) is 0 Å².